The highest BCUT2D eigenvalue weighted by Crippen LogP contribution is 2.14. The predicted molar refractivity (Wildman–Crippen MR) is 60.7 cm³/mol. The number of carbonyl (C=O) groups is 1. The molecule has 1 aromatic carbocycles. The number of hydrogen-bond acceptors (Lipinski definition) is 3. The molecule has 0 atom stereocenters. The van der Waals surface area contributed by atoms with Crippen molar-refractivity contribution in [2.24, 2.45) is 0 Å². The number of benzene rings is 1. The Hall–Kier alpha value is -2.16. The summed E-state index contributed by atoms with van der Waals surface area (Å²) in [5.41, 5.74) is 1.22. The predicted octanol–water partition coefficient (Wildman–Crippen LogP) is 2.32. The molecule has 3 nitrogen and oxygen atoms in total. The van der Waals surface area contributed by atoms with Gasteiger partial charge in [0.1, 0.15) is 5.75 Å². The van der Waals surface area contributed by atoms with E-state index in [1.165, 1.54) is 0 Å². The van der Waals surface area contributed by atoms with Gasteiger partial charge in [-0.15, -0.1) is 0 Å². The largest absolute Gasteiger partial charge is 0.497 e. The van der Waals surface area contributed by atoms with E-state index in [1.54, 1.807) is 55.9 Å². The van der Waals surface area contributed by atoms with Crippen molar-refractivity contribution in [2.45, 2.75) is 0 Å². The quantitative estimate of drug-likeness (QED) is 0.734. The molecule has 1 heterocycles. The van der Waals surface area contributed by atoms with Crippen molar-refractivity contribution in [3.8, 4) is 5.75 Å². The molecule has 1 aromatic heterocycles. The number of methoxy groups -OCH3 is 1. The van der Waals surface area contributed by atoms with Gasteiger partial charge in [-0.1, -0.05) is 0 Å². The van der Waals surface area contributed by atoms with Crippen molar-refractivity contribution in [3.05, 3.63) is 59.9 Å². The molecule has 0 N–H and O–H groups in total. The fourth-order valence-electron chi connectivity index (χ4n) is 1.41. The highest BCUT2D eigenvalue weighted by Gasteiger charge is 2.08. The number of ketones is 1. The summed E-state index contributed by atoms with van der Waals surface area (Å²) in [4.78, 5) is 15.9. The molecule has 2 rings (SSSR count). The highest BCUT2D eigenvalue weighted by atomic mass is 16.5. The molecule has 0 saturated heterocycles. The molecule has 0 unspecified atom stereocenters. The van der Waals surface area contributed by atoms with E-state index in [9.17, 15) is 4.79 Å². The fraction of sp³-hybridized carbons (Fsp3) is 0.0769. The normalized spacial score (nSPS) is 9.81. The van der Waals surface area contributed by atoms with Crippen LogP contribution in [0.15, 0.2) is 48.8 Å². The Morgan fingerprint density at radius 3 is 2.44 bits per heavy atom. The van der Waals surface area contributed by atoms with Crippen LogP contribution in [0.1, 0.15) is 15.9 Å². The maximum atomic E-state index is 12.0. The minimum atomic E-state index is -0.0317. The van der Waals surface area contributed by atoms with Gasteiger partial charge in [-0.05, 0) is 36.4 Å². The Labute approximate surface area is 93.7 Å². The third-order valence-electron chi connectivity index (χ3n) is 2.28. The van der Waals surface area contributed by atoms with E-state index in [4.69, 9.17) is 4.74 Å². The van der Waals surface area contributed by atoms with E-state index in [2.05, 4.69) is 4.98 Å². The summed E-state index contributed by atoms with van der Waals surface area (Å²) < 4.78 is 5.03. The zero-order valence-electron chi connectivity index (χ0n) is 8.88. The summed E-state index contributed by atoms with van der Waals surface area (Å²) in [5.74, 6) is 0.707. The number of rotatable bonds is 3. The van der Waals surface area contributed by atoms with Crippen LogP contribution in [0.5, 0.6) is 5.75 Å². The Bertz CT molecular complexity index is 477. The van der Waals surface area contributed by atoms with Crippen molar-refractivity contribution < 1.29 is 9.53 Å². The second-order valence-electron chi connectivity index (χ2n) is 3.30. The van der Waals surface area contributed by atoms with Crippen molar-refractivity contribution in [1.29, 1.82) is 0 Å². The maximum Gasteiger partial charge on any atom is 0.194 e. The minimum Gasteiger partial charge on any atom is -0.497 e. The smallest absolute Gasteiger partial charge is 0.194 e. The molecule has 0 bridgehead atoms. The molecule has 0 spiro atoms. The van der Waals surface area contributed by atoms with Gasteiger partial charge in [0.2, 0.25) is 0 Å². The van der Waals surface area contributed by atoms with Crippen LogP contribution in [0.4, 0.5) is 0 Å². The average Bonchev–Trinajstić information content (AvgIpc) is 2.39. The molecular weight excluding hydrogens is 202 g/mol. The van der Waals surface area contributed by atoms with Crippen LogP contribution in [0.25, 0.3) is 0 Å². The lowest BCUT2D eigenvalue weighted by Crippen LogP contribution is -2.01. The SMILES string of the molecule is COc1ccc(C(=O)c2cccnc2)cc1. The molecule has 0 aliphatic heterocycles. The Balaban J connectivity index is 2.28. The number of pyridine rings is 1. The van der Waals surface area contributed by atoms with E-state index in [0.717, 1.165) is 5.75 Å². The molecule has 16 heavy (non-hydrogen) atoms. The molecule has 0 saturated carbocycles. The van der Waals surface area contributed by atoms with Gasteiger partial charge in [-0.25, -0.2) is 0 Å². The second kappa shape index (κ2) is 4.57. The fourth-order valence-corrected chi connectivity index (χ4v) is 1.41. The summed E-state index contributed by atoms with van der Waals surface area (Å²) in [6.07, 6.45) is 3.21. The van der Waals surface area contributed by atoms with Crippen LogP contribution in [0.2, 0.25) is 0 Å². The third kappa shape index (κ3) is 2.08. The zero-order valence-corrected chi connectivity index (χ0v) is 8.88. The van der Waals surface area contributed by atoms with E-state index in [-0.39, 0.29) is 5.78 Å². The first-order valence-corrected chi connectivity index (χ1v) is 4.90. The van der Waals surface area contributed by atoms with Gasteiger partial charge in [0.15, 0.2) is 5.78 Å². The van der Waals surface area contributed by atoms with Crippen molar-refractivity contribution >= 4 is 5.78 Å². The first-order valence-electron chi connectivity index (χ1n) is 4.90. The first kappa shape index (κ1) is 10.4. The Morgan fingerprint density at radius 2 is 1.88 bits per heavy atom. The summed E-state index contributed by atoms with van der Waals surface area (Å²) in [7, 11) is 1.60. The van der Waals surface area contributed by atoms with Gasteiger partial charge in [-0.3, -0.25) is 9.78 Å². The van der Waals surface area contributed by atoms with Crippen LogP contribution < -0.4 is 4.74 Å². The Morgan fingerprint density at radius 1 is 1.12 bits per heavy atom. The van der Waals surface area contributed by atoms with Gasteiger partial charge >= 0.3 is 0 Å². The van der Waals surface area contributed by atoms with Crippen molar-refractivity contribution in [1.82, 2.24) is 4.98 Å². The van der Waals surface area contributed by atoms with Gasteiger partial charge in [-0.2, -0.15) is 0 Å². The molecule has 3 heteroatoms. The molecule has 80 valence electrons. The monoisotopic (exact) mass is 213 g/mol. The summed E-state index contributed by atoms with van der Waals surface area (Å²) in [6.45, 7) is 0. The average molecular weight is 213 g/mol. The minimum absolute atomic E-state index is 0.0317. The van der Waals surface area contributed by atoms with Gasteiger partial charge in [0.25, 0.3) is 0 Å². The molecule has 0 radical (unpaired) electrons. The van der Waals surface area contributed by atoms with E-state index < -0.39 is 0 Å². The third-order valence-corrected chi connectivity index (χ3v) is 2.28. The standard InChI is InChI=1S/C13H11NO2/c1-16-12-6-4-10(5-7-12)13(15)11-3-2-8-14-9-11/h2-9H,1H3. The number of ether oxygens (including phenoxy) is 1. The van der Waals surface area contributed by atoms with Crippen LogP contribution in [-0.2, 0) is 0 Å². The van der Waals surface area contributed by atoms with Crippen LogP contribution in [-0.4, -0.2) is 17.9 Å². The van der Waals surface area contributed by atoms with E-state index in [1.807, 2.05) is 0 Å². The summed E-state index contributed by atoms with van der Waals surface area (Å²) in [6, 6.07) is 10.5. The first-order chi connectivity index (χ1) is 7.81. The number of nitrogens with zero attached hydrogens (tertiary/aromatic N) is 1. The lowest BCUT2D eigenvalue weighted by molar-refractivity contribution is 0.103. The van der Waals surface area contributed by atoms with E-state index >= 15 is 0 Å². The number of aromatic nitrogens is 1. The summed E-state index contributed by atoms with van der Waals surface area (Å²) >= 11 is 0. The van der Waals surface area contributed by atoms with E-state index in [0.29, 0.717) is 11.1 Å². The van der Waals surface area contributed by atoms with Crippen molar-refractivity contribution in [3.63, 3.8) is 0 Å². The highest BCUT2D eigenvalue weighted by molar-refractivity contribution is 6.08. The number of carbonyl (C=O) groups excluding carboxylic acids is 1. The van der Waals surface area contributed by atoms with Gasteiger partial charge in [0, 0.05) is 23.5 Å². The topological polar surface area (TPSA) is 39.2 Å². The zero-order chi connectivity index (χ0) is 11.4. The van der Waals surface area contributed by atoms with Crippen LogP contribution in [0.3, 0.4) is 0 Å². The van der Waals surface area contributed by atoms with Crippen LogP contribution >= 0.6 is 0 Å². The second-order valence-corrected chi connectivity index (χ2v) is 3.30. The van der Waals surface area contributed by atoms with Crippen molar-refractivity contribution in [2.75, 3.05) is 7.11 Å². The lowest BCUT2D eigenvalue weighted by atomic mass is 10.1. The lowest BCUT2D eigenvalue weighted by Gasteiger charge is -2.02. The summed E-state index contributed by atoms with van der Waals surface area (Å²) in [5, 5.41) is 0. The number of hydrogen-bond donors (Lipinski definition) is 0. The molecule has 2 aromatic rings. The molecule has 0 aliphatic carbocycles. The molecule has 0 amide bonds. The molecule has 0 fully saturated rings. The molecular formula is C13H11NO2. The van der Waals surface area contributed by atoms with Gasteiger partial charge in [0.05, 0.1) is 7.11 Å². The van der Waals surface area contributed by atoms with Gasteiger partial charge < -0.3 is 4.74 Å². The molecule has 0 aliphatic rings. The van der Waals surface area contributed by atoms with Crippen LogP contribution in [0, 0.1) is 0 Å². The Kier molecular flexibility index (Phi) is 2.96. The maximum absolute atomic E-state index is 12.0.